The molecule has 1 unspecified atom stereocenters. The Balaban J connectivity index is 2.26. The molecule has 0 spiro atoms. The second kappa shape index (κ2) is 1.78. The maximum atomic E-state index is 10.2. The molecule has 0 bridgehead atoms. The average molecular weight is 102 g/mol. The number of hydrogen-bond donors (Lipinski definition) is 1. The van der Waals surface area contributed by atoms with Gasteiger partial charge in [-0.05, 0) is 13.0 Å². The van der Waals surface area contributed by atoms with Crippen molar-refractivity contribution in [2.45, 2.75) is 12.5 Å². The summed E-state index contributed by atoms with van der Waals surface area (Å²) in [5, 5.41) is 19.7. The molecule has 3 heteroatoms. The molecule has 1 heterocycles. The molecule has 1 saturated heterocycles. The molecule has 1 rings (SSSR count). The first-order chi connectivity index (χ1) is 3.29. The van der Waals surface area contributed by atoms with E-state index in [2.05, 4.69) is 0 Å². The van der Waals surface area contributed by atoms with Crippen molar-refractivity contribution in [2.75, 3.05) is 13.1 Å². The summed E-state index contributed by atoms with van der Waals surface area (Å²) in [6.07, 6.45) is 0.279. The van der Waals surface area contributed by atoms with Gasteiger partial charge in [0, 0.05) is 6.54 Å². The van der Waals surface area contributed by atoms with Crippen LogP contribution in [-0.2, 0) is 0 Å². The zero-order valence-electron chi connectivity index (χ0n) is 4.00. The van der Waals surface area contributed by atoms with Gasteiger partial charge in [-0.2, -0.15) is 0 Å². The van der Waals surface area contributed by atoms with Crippen LogP contribution in [-0.4, -0.2) is 29.4 Å². The fourth-order valence-corrected chi connectivity index (χ4v) is 0.711. The number of aliphatic hydroxyl groups excluding tert-OH is 1. The van der Waals surface area contributed by atoms with Crippen molar-refractivity contribution >= 4 is 0 Å². The van der Waals surface area contributed by atoms with E-state index in [0.717, 1.165) is 5.06 Å². The van der Waals surface area contributed by atoms with E-state index in [-0.39, 0.29) is 6.10 Å². The lowest BCUT2D eigenvalue weighted by Crippen LogP contribution is -2.13. The van der Waals surface area contributed by atoms with Gasteiger partial charge in [0.25, 0.3) is 0 Å². The highest BCUT2D eigenvalue weighted by atomic mass is 16.5. The molecule has 0 radical (unpaired) electrons. The van der Waals surface area contributed by atoms with Gasteiger partial charge in [0.05, 0.1) is 6.10 Å². The van der Waals surface area contributed by atoms with Crippen LogP contribution in [0.1, 0.15) is 6.42 Å². The maximum Gasteiger partial charge on any atom is 0.0669 e. The Morgan fingerprint density at radius 3 is 2.57 bits per heavy atom. The molecule has 1 atom stereocenters. The van der Waals surface area contributed by atoms with Gasteiger partial charge in [-0.15, -0.1) is 0 Å². The Morgan fingerprint density at radius 1 is 1.71 bits per heavy atom. The molecule has 1 fully saturated rings. The standard InChI is InChI=1S/C4H8NO2/c6-4-1-2-5(7)3-4/h4,6H,1-3H2/q-1. The van der Waals surface area contributed by atoms with Crippen LogP contribution in [0.25, 0.3) is 0 Å². The minimum Gasteiger partial charge on any atom is -0.785 e. The molecule has 1 aliphatic rings. The number of hydrogen-bond acceptors (Lipinski definition) is 3. The third kappa shape index (κ3) is 1.12. The molecule has 0 aromatic carbocycles. The number of hydroxylamine groups is 2. The van der Waals surface area contributed by atoms with Gasteiger partial charge in [-0.3, -0.25) is 0 Å². The predicted molar refractivity (Wildman–Crippen MR) is 25.6 cm³/mol. The topological polar surface area (TPSA) is 46.5 Å². The zero-order valence-corrected chi connectivity index (χ0v) is 4.00. The number of nitrogens with zero attached hydrogens (tertiary/aromatic N) is 1. The third-order valence-corrected chi connectivity index (χ3v) is 1.13. The van der Waals surface area contributed by atoms with E-state index < -0.39 is 0 Å². The van der Waals surface area contributed by atoms with Crippen molar-refractivity contribution in [3.05, 3.63) is 5.21 Å². The lowest BCUT2D eigenvalue weighted by Gasteiger charge is -2.19. The van der Waals surface area contributed by atoms with E-state index >= 15 is 0 Å². The largest absolute Gasteiger partial charge is 0.785 e. The van der Waals surface area contributed by atoms with Gasteiger partial charge >= 0.3 is 0 Å². The zero-order chi connectivity index (χ0) is 5.28. The van der Waals surface area contributed by atoms with Crippen LogP contribution in [0, 0.1) is 5.21 Å². The molecule has 0 aromatic rings. The summed E-state index contributed by atoms with van der Waals surface area (Å²) >= 11 is 0. The molecule has 0 saturated carbocycles. The third-order valence-electron chi connectivity index (χ3n) is 1.13. The number of rotatable bonds is 0. The molecule has 1 aliphatic heterocycles. The minimum absolute atomic E-state index is 0.306. The van der Waals surface area contributed by atoms with Crippen molar-refractivity contribution in [1.29, 1.82) is 0 Å². The lowest BCUT2D eigenvalue weighted by molar-refractivity contribution is 0.186. The molecule has 7 heavy (non-hydrogen) atoms. The van der Waals surface area contributed by atoms with E-state index in [1.165, 1.54) is 0 Å². The van der Waals surface area contributed by atoms with Crippen molar-refractivity contribution in [1.82, 2.24) is 5.06 Å². The average Bonchev–Trinajstić information content (AvgIpc) is 1.87. The summed E-state index contributed by atoms with van der Waals surface area (Å²) < 4.78 is 0. The summed E-state index contributed by atoms with van der Waals surface area (Å²) in [6.45, 7) is 0.807. The minimum atomic E-state index is -0.363. The number of β-amino-alcohol motifs (C(OH)–C–C–N with tert-alkyl or cyclic N) is 1. The fraction of sp³-hybridized carbons (Fsp3) is 1.00. The van der Waals surface area contributed by atoms with Crippen LogP contribution in [0.4, 0.5) is 0 Å². The van der Waals surface area contributed by atoms with Gasteiger partial charge in [0.15, 0.2) is 0 Å². The van der Waals surface area contributed by atoms with Crippen molar-refractivity contribution in [3.8, 4) is 0 Å². The Hall–Kier alpha value is -0.120. The van der Waals surface area contributed by atoms with Crippen LogP contribution < -0.4 is 0 Å². The van der Waals surface area contributed by atoms with E-state index in [1.54, 1.807) is 0 Å². The van der Waals surface area contributed by atoms with Crippen molar-refractivity contribution < 1.29 is 5.11 Å². The summed E-state index contributed by atoms with van der Waals surface area (Å²) in [7, 11) is 0. The fourth-order valence-electron chi connectivity index (χ4n) is 0.711. The first-order valence-electron chi connectivity index (χ1n) is 2.39. The second-order valence-corrected chi connectivity index (χ2v) is 1.83. The molecule has 0 amide bonds. The van der Waals surface area contributed by atoms with Crippen molar-refractivity contribution in [2.24, 2.45) is 0 Å². The van der Waals surface area contributed by atoms with Crippen LogP contribution >= 0.6 is 0 Å². The van der Waals surface area contributed by atoms with Gasteiger partial charge in [-0.1, -0.05) is 0 Å². The summed E-state index contributed by atoms with van der Waals surface area (Å²) in [4.78, 5) is 0. The Morgan fingerprint density at radius 2 is 2.43 bits per heavy atom. The SMILES string of the molecule is [O-]N1CCC(O)C1. The van der Waals surface area contributed by atoms with Crippen LogP contribution in [0.3, 0.4) is 0 Å². The van der Waals surface area contributed by atoms with Crippen LogP contribution in [0.5, 0.6) is 0 Å². The van der Waals surface area contributed by atoms with Gasteiger partial charge < -0.3 is 15.4 Å². The molecular weight excluding hydrogens is 94.0 g/mol. The van der Waals surface area contributed by atoms with Gasteiger partial charge in [-0.25, -0.2) is 0 Å². The molecule has 0 aromatic heterocycles. The van der Waals surface area contributed by atoms with Gasteiger partial charge in [0.2, 0.25) is 0 Å². The summed E-state index contributed by atoms with van der Waals surface area (Å²) in [6, 6.07) is 0. The summed E-state index contributed by atoms with van der Waals surface area (Å²) in [5.41, 5.74) is 0. The van der Waals surface area contributed by atoms with E-state index in [0.29, 0.717) is 19.5 Å². The molecule has 42 valence electrons. The smallest absolute Gasteiger partial charge is 0.0669 e. The predicted octanol–water partition coefficient (Wildman–Crippen LogP) is -0.449. The Labute approximate surface area is 42.1 Å². The highest BCUT2D eigenvalue weighted by molar-refractivity contribution is 4.73. The van der Waals surface area contributed by atoms with Crippen LogP contribution in [0.15, 0.2) is 0 Å². The molecule has 3 nitrogen and oxygen atoms in total. The first kappa shape index (κ1) is 5.03. The van der Waals surface area contributed by atoms with Crippen LogP contribution in [0.2, 0.25) is 0 Å². The normalized spacial score (nSPS) is 34.3. The monoisotopic (exact) mass is 102 g/mol. The quantitative estimate of drug-likeness (QED) is 0.450. The Bertz CT molecular complexity index is 58.7. The highest BCUT2D eigenvalue weighted by Gasteiger charge is 2.11. The highest BCUT2D eigenvalue weighted by Crippen LogP contribution is 2.04. The van der Waals surface area contributed by atoms with E-state index in [4.69, 9.17) is 5.11 Å². The number of aliphatic hydroxyl groups is 1. The van der Waals surface area contributed by atoms with Crippen molar-refractivity contribution in [3.63, 3.8) is 0 Å². The van der Waals surface area contributed by atoms with E-state index in [1.807, 2.05) is 0 Å². The van der Waals surface area contributed by atoms with E-state index in [9.17, 15) is 5.21 Å². The molecule has 0 aliphatic carbocycles. The second-order valence-electron chi connectivity index (χ2n) is 1.83. The lowest BCUT2D eigenvalue weighted by atomic mass is 10.3. The molecular formula is C4H8NO2-. The maximum absolute atomic E-state index is 10.2. The first-order valence-corrected chi connectivity index (χ1v) is 2.39. The Kier molecular flexibility index (Phi) is 1.27. The summed E-state index contributed by atoms with van der Waals surface area (Å²) in [5.74, 6) is 0. The van der Waals surface area contributed by atoms with Gasteiger partial charge in [0.1, 0.15) is 0 Å². The molecule has 1 N–H and O–H groups in total.